The zero-order chi connectivity index (χ0) is 14.5. The van der Waals surface area contributed by atoms with Crippen LogP contribution >= 0.6 is 0 Å². The van der Waals surface area contributed by atoms with E-state index >= 15 is 0 Å². The smallest absolute Gasteiger partial charge is 0.185 e. The predicted octanol–water partition coefficient (Wildman–Crippen LogP) is 3.93. The second-order valence-corrected chi connectivity index (χ2v) is 4.79. The Bertz CT molecular complexity index is 587. The summed E-state index contributed by atoms with van der Waals surface area (Å²) in [6.45, 7) is 3.93. The maximum absolute atomic E-state index is 11.9. The molecule has 0 heterocycles. The highest BCUT2D eigenvalue weighted by Crippen LogP contribution is 2.07. The van der Waals surface area contributed by atoms with Crippen molar-refractivity contribution in [3.63, 3.8) is 0 Å². The average molecular weight is 264 g/mol. The van der Waals surface area contributed by atoms with Crippen LogP contribution in [0.4, 0.5) is 0 Å². The van der Waals surface area contributed by atoms with Gasteiger partial charge in [0.1, 0.15) is 0 Å². The number of carbonyl (C=O) groups is 2. The van der Waals surface area contributed by atoms with Gasteiger partial charge in [-0.15, -0.1) is 0 Å². The Morgan fingerprint density at radius 3 is 1.25 bits per heavy atom. The number of allylic oxidation sites excluding steroid dienone is 2. The predicted molar refractivity (Wildman–Crippen MR) is 80.2 cm³/mol. The van der Waals surface area contributed by atoms with E-state index in [1.165, 1.54) is 12.2 Å². The summed E-state index contributed by atoms with van der Waals surface area (Å²) in [5.74, 6) is -0.323. The Kier molecular flexibility index (Phi) is 4.26. The van der Waals surface area contributed by atoms with E-state index in [0.717, 1.165) is 11.1 Å². The quantitative estimate of drug-likeness (QED) is 0.619. The molecule has 0 unspecified atom stereocenters. The minimum Gasteiger partial charge on any atom is -0.289 e. The van der Waals surface area contributed by atoms with Crippen molar-refractivity contribution in [1.82, 2.24) is 0 Å². The Balaban J connectivity index is 2.09. The molecule has 0 N–H and O–H groups in total. The van der Waals surface area contributed by atoms with Gasteiger partial charge in [-0.05, 0) is 26.0 Å². The summed E-state index contributed by atoms with van der Waals surface area (Å²) in [6, 6.07) is 14.6. The van der Waals surface area contributed by atoms with E-state index < -0.39 is 0 Å². The van der Waals surface area contributed by atoms with Gasteiger partial charge in [0.05, 0.1) is 0 Å². The molecule has 0 aliphatic carbocycles. The van der Waals surface area contributed by atoms with Gasteiger partial charge in [0.25, 0.3) is 0 Å². The van der Waals surface area contributed by atoms with Crippen LogP contribution in [0.5, 0.6) is 0 Å². The van der Waals surface area contributed by atoms with Gasteiger partial charge in [-0.2, -0.15) is 0 Å². The van der Waals surface area contributed by atoms with Crippen molar-refractivity contribution in [2.24, 2.45) is 0 Å². The molecule has 0 atom stereocenters. The van der Waals surface area contributed by atoms with Crippen LogP contribution < -0.4 is 0 Å². The van der Waals surface area contributed by atoms with Gasteiger partial charge in [-0.1, -0.05) is 59.7 Å². The summed E-state index contributed by atoms with van der Waals surface area (Å²) in [7, 11) is 0. The topological polar surface area (TPSA) is 34.1 Å². The lowest BCUT2D eigenvalue weighted by Crippen LogP contribution is -1.98. The van der Waals surface area contributed by atoms with E-state index in [-0.39, 0.29) is 11.6 Å². The van der Waals surface area contributed by atoms with Crippen LogP contribution in [-0.4, -0.2) is 11.6 Å². The molecule has 0 aliphatic rings. The van der Waals surface area contributed by atoms with Crippen LogP contribution in [0.1, 0.15) is 31.8 Å². The average Bonchev–Trinajstić information content (AvgIpc) is 2.46. The first-order valence-corrected chi connectivity index (χ1v) is 6.46. The van der Waals surface area contributed by atoms with Crippen molar-refractivity contribution in [3.8, 4) is 0 Å². The molecule has 20 heavy (non-hydrogen) atoms. The summed E-state index contributed by atoms with van der Waals surface area (Å²) in [4.78, 5) is 23.8. The molecule has 0 amide bonds. The van der Waals surface area contributed by atoms with E-state index in [2.05, 4.69) is 0 Å². The zero-order valence-electron chi connectivity index (χ0n) is 11.6. The SMILES string of the molecule is Cc1ccc(C(=O)C=CC(=O)c2ccc(C)cc2)cc1. The molecule has 2 aromatic carbocycles. The molecule has 0 aromatic heterocycles. The number of ketones is 2. The second kappa shape index (κ2) is 6.11. The van der Waals surface area contributed by atoms with Gasteiger partial charge in [-0.25, -0.2) is 0 Å². The first-order chi connectivity index (χ1) is 9.56. The van der Waals surface area contributed by atoms with Crippen molar-refractivity contribution >= 4 is 11.6 Å². The minimum absolute atomic E-state index is 0.162. The normalized spacial score (nSPS) is 10.7. The fourth-order valence-electron chi connectivity index (χ4n) is 1.78. The highest BCUT2D eigenvalue weighted by Gasteiger charge is 2.04. The lowest BCUT2D eigenvalue weighted by atomic mass is 10.1. The van der Waals surface area contributed by atoms with Crippen LogP contribution in [0.25, 0.3) is 0 Å². The molecule has 0 saturated carbocycles. The van der Waals surface area contributed by atoms with E-state index in [4.69, 9.17) is 0 Å². The number of hydrogen-bond acceptors (Lipinski definition) is 2. The van der Waals surface area contributed by atoms with E-state index in [1.54, 1.807) is 24.3 Å². The van der Waals surface area contributed by atoms with Gasteiger partial charge < -0.3 is 0 Å². The number of hydrogen-bond donors (Lipinski definition) is 0. The van der Waals surface area contributed by atoms with E-state index in [0.29, 0.717) is 11.1 Å². The second-order valence-electron chi connectivity index (χ2n) is 4.79. The van der Waals surface area contributed by atoms with Crippen LogP contribution in [0, 0.1) is 13.8 Å². The molecular weight excluding hydrogens is 248 g/mol. The molecule has 0 radical (unpaired) electrons. The standard InChI is InChI=1S/C18H16O2/c1-13-3-7-15(8-4-13)17(19)11-12-18(20)16-9-5-14(2)6-10-16/h3-12H,1-2H3. The largest absolute Gasteiger partial charge is 0.289 e. The Morgan fingerprint density at radius 2 is 0.950 bits per heavy atom. The van der Waals surface area contributed by atoms with Crippen LogP contribution in [0.3, 0.4) is 0 Å². The summed E-state index contributed by atoms with van der Waals surface area (Å²) in [5, 5.41) is 0. The van der Waals surface area contributed by atoms with E-state index in [9.17, 15) is 9.59 Å². The van der Waals surface area contributed by atoms with Crippen LogP contribution in [0.2, 0.25) is 0 Å². The van der Waals surface area contributed by atoms with Gasteiger partial charge in [0.2, 0.25) is 0 Å². The molecule has 2 nitrogen and oxygen atoms in total. The molecule has 0 aliphatic heterocycles. The zero-order valence-corrected chi connectivity index (χ0v) is 11.6. The fraction of sp³-hybridized carbons (Fsp3) is 0.111. The molecule has 0 fully saturated rings. The van der Waals surface area contributed by atoms with Crippen molar-refractivity contribution < 1.29 is 9.59 Å². The maximum Gasteiger partial charge on any atom is 0.185 e. The Labute approximate surface area is 118 Å². The van der Waals surface area contributed by atoms with Crippen LogP contribution in [-0.2, 0) is 0 Å². The van der Waals surface area contributed by atoms with Gasteiger partial charge in [0.15, 0.2) is 11.6 Å². The third kappa shape index (κ3) is 3.51. The van der Waals surface area contributed by atoms with Gasteiger partial charge in [-0.3, -0.25) is 9.59 Å². The lowest BCUT2D eigenvalue weighted by molar-refractivity contribution is 0.102. The number of benzene rings is 2. The van der Waals surface area contributed by atoms with Crippen molar-refractivity contribution in [2.75, 3.05) is 0 Å². The molecule has 0 saturated heterocycles. The molecule has 100 valence electrons. The third-order valence-corrected chi connectivity index (χ3v) is 3.06. The first kappa shape index (κ1) is 13.9. The number of rotatable bonds is 4. The summed E-state index contributed by atoms with van der Waals surface area (Å²) in [6.07, 6.45) is 2.65. The lowest BCUT2D eigenvalue weighted by Gasteiger charge is -1.98. The number of carbonyl (C=O) groups excluding carboxylic acids is 2. The molecular formula is C18H16O2. The number of aryl methyl sites for hydroxylation is 2. The first-order valence-electron chi connectivity index (χ1n) is 6.46. The third-order valence-electron chi connectivity index (χ3n) is 3.06. The summed E-state index contributed by atoms with van der Waals surface area (Å²) < 4.78 is 0. The minimum atomic E-state index is -0.162. The van der Waals surface area contributed by atoms with Crippen molar-refractivity contribution in [1.29, 1.82) is 0 Å². The fourth-order valence-corrected chi connectivity index (χ4v) is 1.78. The Hall–Kier alpha value is -2.48. The van der Waals surface area contributed by atoms with E-state index in [1.807, 2.05) is 38.1 Å². The summed E-state index contributed by atoms with van der Waals surface area (Å²) >= 11 is 0. The van der Waals surface area contributed by atoms with Gasteiger partial charge in [0, 0.05) is 11.1 Å². The summed E-state index contributed by atoms with van der Waals surface area (Å²) in [5.41, 5.74) is 3.37. The molecule has 2 aromatic rings. The molecule has 2 rings (SSSR count). The maximum atomic E-state index is 11.9. The van der Waals surface area contributed by atoms with Crippen LogP contribution in [0.15, 0.2) is 60.7 Å². The monoisotopic (exact) mass is 264 g/mol. The van der Waals surface area contributed by atoms with Gasteiger partial charge >= 0.3 is 0 Å². The Morgan fingerprint density at radius 1 is 0.650 bits per heavy atom. The molecule has 0 bridgehead atoms. The highest BCUT2D eigenvalue weighted by molar-refractivity contribution is 6.11. The molecule has 0 spiro atoms. The van der Waals surface area contributed by atoms with Crippen molar-refractivity contribution in [2.45, 2.75) is 13.8 Å². The van der Waals surface area contributed by atoms with Crippen molar-refractivity contribution in [3.05, 3.63) is 82.9 Å². The highest BCUT2D eigenvalue weighted by atomic mass is 16.1. The molecule has 2 heteroatoms.